The molecule has 4 heavy (non-hydrogen) atoms. The molecule has 0 spiro atoms. The van der Waals surface area contributed by atoms with E-state index < -0.39 is 0 Å². The van der Waals surface area contributed by atoms with E-state index in [1.165, 1.54) is 0 Å². The van der Waals surface area contributed by atoms with Gasteiger partial charge in [-0.15, -0.1) is 34.0 Å². The zero-order chi connectivity index (χ0) is 2.00. The lowest BCUT2D eigenvalue weighted by Gasteiger charge is -0.668. The lowest BCUT2D eigenvalue weighted by Crippen LogP contribution is -0.569. The Hall–Kier alpha value is 0.450. The van der Waals surface area contributed by atoms with E-state index in [4.69, 9.17) is 5.26 Å². The van der Waals surface area contributed by atoms with Crippen molar-refractivity contribution in [3.8, 4) is 6.57 Å². The summed E-state index contributed by atoms with van der Waals surface area (Å²) in [5, 5.41) is 6.50. The van der Waals surface area contributed by atoms with Gasteiger partial charge < -0.3 is 0 Å². The molecular weight excluding hydrogens is 186 g/mol. The average Bonchev–Trinajstić information content (AvgIpc) is 1.00. The standard InChI is InChI=1S/CHN.2BrH/c1-2;;/h1H;2*1H. The van der Waals surface area contributed by atoms with E-state index in [1.807, 2.05) is 0 Å². The Morgan fingerprint density at radius 1 is 1.00 bits per heavy atom. The Morgan fingerprint density at radius 2 is 1.00 bits per heavy atom. The average molecular weight is 189 g/mol. The number of hydrogen-bond donors (Lipinski definition) is 0. The van der Waals surface area contributed by atoms with Gasteiger partial charge in [0.15, 0.2) is 0 Å². The van der Waals surface area contributed by atoms with Crippen LogP contribution in [0.4, 0.5) is 0 Å². The van der Waals surface area contributed by atoms with E-state index in [2.05, 4.69) is 6.57 Å². The van der Waals surface area contributed by atoms with Crippen LogP contribution >= 0.6 is 34.0 Å². The Kier molecular flexibility index (Phi) is 644. The van der Waals surface area contributed by atoms with E-state index in [1.54, 1.807) is 0 Å². The molecule has 0 aromatic carbocycles. The van der Waals surface area contributed by atoms with Crippen LogP contribution in [0.3, 0.4) is 0 Å². The maximum absolute atomic E-state index is 6.50. The number of rotatable bonds is 0. The molecule has 0 aromatic rings. The quantitative estimate of drug-likeness (QED) is 0.563. The number of halogens is 2. The molecule has 1 nitrogen and oxygen atoms in total. The highest BCUT2D eigenvalue weighted by Crippen LogP contribution is 0.847. The van der Waals surface area contributed by atoms with Gasteiger partial charge in [-0.3, -0.25) is 0 Å². The molecule has 0 fully saturated rings. The SMILES string of the molecule is Br.Br.C#N. The van der Waals surface area contributed by atoms with Crippen LogP contribution < -0.4 is 0 Å². The summed E-state index contributed by atoms with van der Waals surface area (Å²) in [5.41, 5.74) is 0. The summed E-state index contributed by atoms with van der Waals surface area (Å²) >= 11 is 0. The van der Waals surface area contributed by atoms with Crippen molar-refractivity contribution in [3.05, 3.63) is 0 Å². The fourth-order valence-corrected chi connectivity index (χ4v) is 0. The van der Waals surface area contributed by atoms with Crippen molar-refractivity contribution in [2.45, 2.75) is 0 Å². The van der Waals surface area contributed by atoms with Gasteiger partial charge in [-0.1, -0.05) is 0 Å². The first kappa shape index (κ1) is 25.2. The van der Waals surface area contributed by atoms with Crippen LogP contribution in [0.25, 0.3) is 0 Å². The highest BCUT2D eigenvalue weighted by atomic mass is 79.9. The number of nitriles is 1. The van der Waals surface area contributed by atoms with Crippen LogP contribution in [-0.4, -0.2) is 0 Å². The summed E-state index contributed by atoms with van der Waals surface area (Å²) in [5.74, 6) is 0. The molecule has 0 aromatic heterocycles. The largest absolute Gasteiger partial charge is 0.202 e. The fraction of sp³-hybridized carbons (Fsp3) is 0. The van der Waals surface area contributed by atoms with E-state index in [0.29, 0.717) is 0 Å². The Morgan fingerprint density at radius 3 is 1.00 bits per heavy atom. The van der Waals surface area contributed by atoms with E-state index in [-0.39, 0.29) is 34.0 Å². The summed E-state index contributed by atoms with van der Waals surface area (Å²) in [7, 11) is 0. The van der Waals surface area contributed by atoms with Crippen molar-refractivity contribution >= 4 is 34.0 Å². The molecular formula is CH3Br2N. The van der Waals surface area contributed by atoms with Crippen molar-refractivity contribution in [2.75, 3.05) is 0 Å². The van der Waals surface area contributed by atoms with Gasteiger partial charge in [0.2, 0.25) is 0 Å². The minimum absolute atomic E-state index is 0. The second kappa shape index (κ2) is 102. The molecule has 0 radical (unpaired) electrons. The third-order valence-electron chi connectivity index (χ3n) is 0. The summed E-state index contributed by atoms with van der Waals surface area (Å²) in [6.07, 6.45) is 0. The first-order chi connectivity index (χ1) is 1.00. The van der Waals surface area contributed by atoms with Gasteiger partial charge in [0.25, 0.3) is 0 Å². The molecule has 0 atom stereocenters. The first-order valence-corrected chi connectivity index (χ1v) is 0.258. The van der Waals surface area contributed by atoms with Crippen molar-refractivity contribution in [1.29, 1.82) is 5.26 Å². The molecule has 0 amide bonds. The third kappa shape index (κ3) is 25.4. The zero-order valence-electron chi connectivity index (χ0n) is 1.84. The summed E-state index contributed by atoms with van der Waals surface area (Å²) in [6, 6.07) is 0. The molecule has 0 aliphatic rings. The monoisotopic (exact) mass is 187 g/mol. The van der Waals surface area contributed by atoms with Gasteiger partial charge in [-0.25, -0.2) is 5.26 Å². The molecule has 0 heterocycles. The molecule has 0 saturated carbocycles. The van der Waals surface area contributed by atoms with Gasteiger partial charge in [-0.2, -0.15) is 0 Å². The Balaban J connectivity index is -0.00000000500. The molecule has 0 bridgehead atoms. The summed E-state index contributed by atoms with van der Waals surface area (Å²) in [6.45, 7) is 3.50. The Labute approximate surface area is 46.2 Å². The van der Waals surface area contributed by atoms with Gasteiger partial charge in [0, 0.05) is 6.57 Å². The molecule has 0 aliphatic carbocycles. The second-order valence-electron chi connectivity index (χ2n) is 0. The Bertz CT molecular complexity index is 10.8. The minimum atomic E-state index is 0. The lowest BCUT2D eigenvalue weighted by atomic mass is 11.9. The number of hydrogen-bond acceptors (Lipinski definition) is 1. The van der Waals surface area contributed by atoms with Crippen LogP contribution in [0.5, 0.6) is 0 Å². The smallest absolute Gasteiger partial charge is 0.0462 e. The lowest BCUT2D eigenvalue weighted by molar-refractivity contribution is 1.58. The molecule has 0 rings (SSSR count). The predicted octanol–water partition coefficient (Wildman–Crippen LogP) is 1.30. The topological polar surface area (TPSA) is 23.8 Å². The molecule has 0 aliphatic heterocycles. The van der Waals surface area contributed by atoms with Crippen molar-refractivity contribution in [1.82, 2.24) is 0 Å². The number of nitrogens with zero attached hydrogens (tertiary/aromatic N) is 1. The zero-order valence-corrected chi connectivity index (χ0v) is 5.27. The van der Waals surface area contributed by atoms with Gasteiger partial charge in [0.1, 0.15) is 0 Å². The van der Waals surface area contributed by atoms with E-state index in [0.717, 1.165) is 0 Å². The molecule has 0 saturated heterocycles. The second-order valence-corrected chi connectivity index (χ2v) is 0. The van der Waals surface area contributed by atoms with Crippen LogP contribution in [0, 0.1) is 11.8 Å². The van der Waals surface area contributed by atoms with E-state index in [9.17, 15) is 0 Å². The van der Waals surface area contributed by atoms with E-state index >= 15 is 0 Å². The molecule has 0 N–H and O–H groups in total. The molecule has 0 unspecified atom stereocenters. The van der Waals surface area contributed by atoms with Gasteiger partial charge >= 0.3 is 0 Å². The van der Waals surface area contributed by atoms with Crippen molar-refractivity contribution in [2.24, 2.45) is 0 Å². The third-order valence-corrected chi connectivity index (χ3v) is 0. The van der Waals surface area contributed by atoms with Crippen LogP contribution in [0.1, 0.15) is 0 Å². The summed E-state index contributed by atoms with van der Waals surface area (Å²) < 4.78 is 0. The molecule has 26 valence electrons. The van der Waals surface area contributed by atoms with Gasteiger partial charge in [0.05, 0.1) is 0 Å². The fourth-order valence-electron chi connectivity index (χ4n) is 0. The predicted molar refractivity (Wildman–Crippen MR) is 27.3 cm³/mol. The van der Waals surface area contributed by atoms with Crippen LogP contribution in [0.15, 0.2) is 0 Å². The molecule has 3 heteroatoms. The van der Waals surface area contributed by atoms with Crippen molar-refractivity contribution < 1.29 is 0 Å². The normalized spacial score (nSPS) is 0.500. The highest BCUT2D eigenvalue weighted by Gasteiger charge is 0.513. The highest BCUT2D eigenvalue weighted by molar-refractivity contribution is 8.93. The maximum atomic E-state index is 6.50. The maximum Gasteiger partial charge on any atom is 0.0462 e. The van der Waals surface area contributed by atoms with Crippen molar-refractivity contribution in [3.63, 3.8) is 0 Å². The van der Waals surface area contributed by atoms with Crippen LogP contribution in [0.2, 0.25) is 0 Å². The minimum Gasteiger partial charge on any atom is -0.202 e. The first-order valence-electron chi connectivity index (χ1n) is 0.258. The summed E-state index contributed by atoms with van der Waals surface area (Å²) in [4.78, 5) is 0. The van der Waals surface area contributed by atoms with Crippen LogP contribution in [-0.2, 0) is 0 Å². The van der Waals surface area contributed by atoms with Gasteiger partial charge in [-0.05, 0) is 0 Å².